The van der Waals surface area contributed by atoms with Gasteiger partial charge < -0.3 is 15.1 Å². The van der Waals surface area contributed by atoms with Gasteiger partial charge in [0.1, 0.15) is 5.82 Å². The Kier molecular flexibility index (Phi) is 5.55. The molecule has 0 aliphatic carbocycles. The van der Waals surface area contributed by atoms with Gasteiger partial charge in [0.05, 0.1) is 12.7 Å². The van der Waals surface area contributed by atoms with E-state index in [0.29, 0.717) is 0 Å². The van der Waals surface area contributed by atoms with Crippen molar-refractivity contribution in [3.63, 3.8) is 0 Å². The molecule has 0 aliphatic heterocycles. The molecule has 2 N–H and O–H groups in total. The maximum absolute atomic E-state index is 13.5. The fourth-order valence-corrected chi connectivity index (χ4v) is 2.03. The van der Waals surface area contributed by atoms with Crippen LogP contribution < -0.4 is 10.6 Å². The van der Waals surface area contributed by atoms with Gasteiger partial charge in [-0.25, -0.2) is 4.39 Å². The predicted molar refractivity (Wildman–Crippen MR) is 79.2 cm³/mol. The number of amides is 2. The van der Waals surface area contributed by atoms with Crippen LogP contribution in [-0.4, -0.2) is 24.9 Å². The molecular weight excluding hydrogens is 311 g/mol. The van der Waals surface area contributed by atoms with Crippen molar-refractivity contribution in [2.45, 2.75) is 6.42 Å². The quantitative estimate of drug-likeness (QED) is 0.800. The summed E-state index contributed by atoms with van der Waals surface area (Å²) in [6.07, 6.45) is 1.24. The average Bonchev–Trinajstić information content (AvgIpc) is 3.02. The number of carbonyl (C=O) groups is 2. The summed E-state index contributed by atoms with van der Waals surface area (Å²) in [4.78, 5) is 23.3. The van der Waals surface area contributed by atoms with Gasteiger partial charge in [-0.1, -0.05) is 17.7 Å². The van der Waals surface area contributed by atoms with Crippen molar-refractivity contribution in [1.29, 1.82) is 0 Å². The Balaban J connectivity index is 1.73. The van der Waals surface area contributed by atoms with E-state index in [1.165, 1.54) is 30.5 Å². The van der Waals surface area contributed by atoms with Crippen LogP contribution in [0.1, 0.15) is 16.1 Å². The van der Waals surface area contributed by atoms with Crippen LogP contribution in [0.5, 0.6) is 0 Å². The molecule has 0 spiro atoms. The molecule has 2 amide bonds. The van der Waals surface area contributed by atoms with Crippen LogP contribution in [0.3, 0.4) is 0 Å². The third-order valence-electron chi connectivity index (χ3n) is 2.88. The van der Waals surface area contributed by atoms with Crippen molar-refractivity contribution < 1.29 is 18.4 Å². The summed E-state index contributed by atoms with van der Waals surface area (Å²) in [5, 5.41) is 5.37. The molecule has 1 aromatic carbocycles. The number of carbonyl (C=O) groups excluding carboxylic acids is 2. The number of nitrogens with one attached hydrogen (secondary N) is 2. The first-order valence-corrected chi connectivity index (χ1v) is 6.97. The molecule has 0 atom stereocenters. The largest absolute Gasteiger partial charge is 0.459 e. The molecule has 0 aliphatic rings. The Morgan fingerprint density at radius 3 is 2.59 bits per heavy atom. The second kappa shape index (κ2) is 7.61. The lowest BCUT2D eigenvalue weighted by molar-refractivity contribution is -0.120. The van der Waals surface area contributed by atoms with Gasteiger partial charge in [-0.05, 0) is 24.3 Å². The van der Waals surface area contributed by atoms with E-state index in [9.17, 15) is 14.0 Å². The minimum Gasteiger partial charge on any atom is -0.459 e. The molecule has 116 valence electrons. The maximum atomic E-state index is 13.5. The Labute approximate surface area is 131 Å². The summed E-state index contributed by atoms with van der Waals surface area (Å²) in [7, 11) is 0. The fourth-order valence-electron chi connectivity index (χ4n) is 1.80. The summed E-state index contributed by atoms with van der Waals surface area (Å²) in [6, 6.07) is 7.39. The lowest BCUT2D eigenvalue weighted by atomic mass is 10.1. The normalized spacial score (nSPS) is 10.3. The molecular formula is C15H14ClFN2O3. The number of benzene rings is 1. The number of halogens is 2. The fraction of sp³-hybridized carbons (Fsp3) is 0.200. The van der Waals surface area contributed by atoms with E-state index >= 15 is 0 Å². The van der Waals surface area contributed by atoms with Gasteiger partial charge in [0.25, 0.3) is 5.91 Å². The second-order valence-electron chi connectivity index (χ2n) is 4.46. The van der Waals surface area contributed by atoms with Gasteiger partial charge >= 0.3 is 0 Å². The number of hydrogen-bond acceptors (Lipinski definition) is 3. The summed E-state index contributed by atoms with van der Waals surface area (Å²) in [5.41, 5.74) is 0.154. The third kappa shape index (κ3) is 4.33. The van der Waals surface area contributed by atoms with E-state index in [4.69, 9.17) is 16.0 Å². The van der Waals surface area contributed by atoms with Gasteiger partial charge in [0.2, 0.25) is 5.91 Å². The average molecular weight is 325 g/mol. The monoisotopic (exact) mass is 324 g/mol. The van der Waals surface area contributed by atoms with E-state index in [1.54, 1.807) is 6.07 Å². The van der Waals surface area contributed by atoms with Crippen LogP contribution in [0.4, 0.5) is 4.39 Å². The zero-order chi connectivity index (χ0) is 15.9. The lowest BCUT2D eigenvalue weighted by Gasteiger charge is -2.08. The van der Waals surface area contributed by atoms with Crippen LogP contribution in [-0.2, 0) is 11.2 Å². The van der Waals surface area contributed by atoms with Crippen LogP contribution >= 0.6 is 11.6 Å². The van der Waals surface area contributed by atoms with Crippen LogP contribution in [0.2, 0.25) is 5.02 Å². The smallest absolute Gasteiger partial charge is 0.287 e. The van der Waals surface area contributed by atoms with E-state index in [2.05, 4.69) is 10.6 Å². The summed E-state index contributed by atoms with van der Waals surface area (Å²) >= 11 is 5.85. The zero-order valence-electron chi connectivity index (χ0n) is 11.6. The Morgan fingerprint density at radius 1 is 1.14 bits per heavy atom. The van der Waals surface area contributed by atoms with Gasteiger partial charge in [-0.3, -0.25) is 9.59 Å². The molecule has 0 fully saturated rings. The van der Waals surface area contributed by atoms with Crippen molar-refractivity contribution in [2.75, 3.05) is 13.1 Å². The number of hydrogen-bond donors (Lipinski definition) is 2. The van der Waals surface area contributed by atoms with Gasteiger partial charge in [-0.15, -0.1) is 0 Å². The van der Waals surface area contributed by atoms with Crippen molar-refractivity contribution in [3.8, 4) is 0 Å². The standard InChI is InChI=1S/C15H14ClFN2O3/c16-11-3-1-4-12(17)10(11)9-14(20)18-6-7-19-15(21)13-5-2-8-22-13/h1-5,8H,6-7,9H2,(H,18,20)(H,19,21). The molecule has 0 saturated heterocycles. The highest BCUT2D eigenvalue weighted by Gasteiger charge is 2.12. The zero-order valence-corrected chi connectivity index (χ0v) is 12.3. The highest BCUT2D eigenvalue weighted by Crippen LogP contribution is 2.19. The first-order valence-electron chi connectivity index (χ1n) is 6.59. The van der Waals surface area contributed by atoms with E-state index in [-0.39, 0.29) is 47.7 Å². The minimum atomic E-state index is -0.520. The van der Waals surface area contributed by atoms with Crippen molar-refractivity contribution >= 4 is 23.4 Å². The number of rotatable bonds is 6. The van der Waals surface area contributed by atoms with Gasteiger partial charge in [0.15, 0.2) is 5.76 Å². The highest BCUT2D eigenvalue weighted by molar-refractivity contribution is 6.31. The third-order valence-corrected chi connectivity index (χ3v) is 3.23. The first kappa shape index (κ1) is 16.0. The molecule has 0 radical (unpaired) electrons. The molecule has 2 rings (SSSR count). The molecule has 0 bridgehead atoms. The van der Waals surface area contributed by atoms with Gasteiger partial charge in [-0.2, -0.15) is 0 Å². The molecule has 0 saturated carbocycles. The lowest BCUT2D eigenvalue weighted by Crippen LogP contribution is -2.35. The Morgan fingerprint density at radius 2 is 1.91 bits per heavy atom. The molecule has 7 heteroatoms. The molecule has 0 unspecified atom stereocenters. The van der Waals surface area contributed by atoms with Crippen molar-refractivity contribution in [1.82, 2.24) is 10.6 Å². The van der Waals surface area contributed by atoms with Crippen LogP contribution in [0.15, 0.2) is 41.0 Å². The van der Waals surface area contributed by atoms with E-state index in [0.717, 1.165) is 0 Å². The van der Waals surface area contributed by atoms with Crippen molar-refractivity contribution in [3.05, 3.63) is 58.8 Å². The highest BCUT2D eigenvalue weighted by atomic mass is 35.5. The van der Waals surface area contributed by atoms with Crippen LogP contribution in [0.25, 0.3) is 0 Å². The molecule has 1 heterocycles. The summed E-state index contributed by atoms with van der Waals surface area (Å²) < 4.78 is 18.5. The molecule has 5 nitrogen and oxygen atoms in total. The first-order chi connectivity index (χ1) is 10.6. The number of furan rings is 1. The van der Waals surface area contributed by atoms with E-state index < -0.39 is 5.82 Å². The molecule has 22 heavy (non-hydrogen) atoms. The van der Waals surface area contributed by atoms with E-state index in [1.807, 2.05) is 0 Å². The minimum absolute atomic E-state index is 0.154. The Bertz CT molecular complexity index is 639. The molecule has 1 aromatic heterocycles. The Hall–Kier alpha value is -2.34. The summed E-state index contributed by atoms with van der Waals surface area (Å²) in [6.45, 7) is 0.452. The van der Waals surface area contributed by atoms with Gasteiger partial charge in [0, 0.05) is 23.7 Å². The van der Waals surface area contributed by atoms with Crippen molar-refractivity contribution in [2.24, 2.45) is 0 Å². The maximum Gasteiger partial charge on any atom is 0.287 e. The predicted octanol–water partition coefficient (Wildman–Crippen LogP) is 2.16. The molecule has 2 aromatic rings. The topological polar surface area (TPSA) is 71.3 Å². The second-order valence-corrected chi connectivity index (χ2v) is 4.87. The SMILES string of the molecule is O=C(Cc1c(F)cccc1Cl)NCCNC(=O)c1ccco1. The van der Waals surface area contributed by atoms with Crippen LogP contribution in [0, 0.1) is 5.82 Å². The summed E-state index contributed by atoms with van der Waals surface area (Å²) in [5.74, 6) is -1.06.